The fourth-order valence-corrected chi connectivity index (χ4v) is 2.92. The molecule has 0 amide bonds. The van der Waals surface area contributed by atoms with Crippen molar-refractivity contribution in [2.75, 3.05) is 0 Å². The molecule has 1 aliphatic heterocycles. The maximum Gasteiger partial charge on any atom is 0.108 e. The van der Waals surface area contributed by atoms with Crippen LogP contribution in [0.5, 0.6) is 0 Å². The standard InChI is InChI=1S/C15H18O2/c1-3-4-5-14-13-7-15-12(10(2)8-16-15)6-11(13)9-17-14/h3,8-9,13-14H,1,4-7H2,2H3/t13?,14-/m1/s1. The number of aryl methyl sites for hydroxylation is 1. The van der Waals surface area contributed by atoms with E-state index in [9.17, 15) is 0 Å². The van der Waals surface area contributed by atoms with Crippen LogP contribution >= 0.6 is 0 Å². The Morgan fingerprint density at radius 2 is 2.41 bits per heavy atom. The molecule has 0 N–H and O–H groups in total. The maximum absolute atomic E-state index is 5.79. The highest BCUT2D eigenvalue weighted by Crippen LogP contribution is 2.40. The fraction of sp³-hybridized carbons (Fsp3) is 0.467. The average Bonchev–Trinajstić information content (AvgIpc) is 2.89. The van der Waals surface area contributed by atoms with Crippen molar-refractivity contribution >= 4 is 0 Å². The van der Waals surface area contributed by atoms with E-state index in [2.05, 4.69) is 13.5 Å². The smallest absolute Gasteiger partial charge is 0.108 e. The van der Waals surface area contributed by atoms with Gasteiger partial charge in [-0.1, -0.05) is 6.08 Å². The topological polar surface area (TPSA) is 22.4 Å². The van der Waals surface area contributed by atoms with E-state index < -0.39 is 0 Å². The maximum atomic E-state index is 5.79. The number of fused-ring (bicyclic) bond motifs is 2. The molecule has 1 aromatic heterocycles. The van der Waals surface area contributed by atoms with Gasteiger partial charge in [-0.2, -0.15) is 0 Å². The van der Waals surface area contributed by atoms with Crippen LogP contribution in [0, 0.1) is 12.8 Å². The Bertz CT molecular complexity index is 467. The summed E-state index contributed by atoms with van der Waals surface area (Å²) >= 11 is 0. The second-order valence-electron chi connectivity index (χ2n) is 5.04. The molecule has 0 bridgehead atoms. The van der Waals surface area contributed by atoms with E-state index in [0.717, 1.165) is 25.7 Å². The monoisotopic (exact) mass is 230 g/mol. The van der Waals surface area contributed by atoms with E-state index in [4.69, 9.17) is 9.15 Å². The van der Waals surface area contributed by atoms with Crippen LogP contribution in [-0.4, -0.2) is 6.10 Å². The van der Waals surface area contributed by atoms with Gasteiger partial charge in [-0.25, -0.2) is 0 Å². The Morgan fingerprint density at radius 3 is 3.24 bits per heavy atom. The molecule has 3 rings (SSSR count). The second kappa shape index (κ2) is 4.10. The molecule has 2 aliphatic rings. The van der Waals surface area contributed by atoms with E-state index in [1.165, 1.54) is 22.5 Å². The molecular weight excluding hydrogens is 212 g/mol. The Labute approximate surface area is 102 Å². The van der Waals surface area contributed by atoms with Crippen LogP contribution in [0.15, 0.2) is 35.2 Å². The van der Waals surface area contributed by atoms with Gasteiger partial charge in [0.15, 0.2) is 0 Å². The van der Waals surface area contributed by atoms with Crippen molar-refractivity contribution in [3.63, 3.8) is 0 Å². The summed E-state index contributed by atoms with van der Waals surface area (Å²) in [7, 11) is 0. The van der Waals surface area contributed by atoms with Gasteiger partial charge in [0, 0.05) is 24.3 Å². The molecule has 0 spiro atoms. The van der Waals surface area contributed by atoms with Crippen LogP contribution in [0.4, 0.5) is 0 Å². The number of hydrogen-bond donors (Lipinski definition) is 0. The van der Waals surface area contributed by atoms with Crippen LogP contribution in [0.3, 0.4) is 0 Å². The summed E-state index contributed by atoms with van der Waals surface area (Å²) < 4.78 is 11.4. The predicted octanol–water partition coefficient (Wildman–Crippen LogP) is 3.55. The second-order valence-corrected chi connectivity index (χ2v) is 5.04. The van der Waals surface area contributed by atoms with Gasteiger partial charge < -0.3 is 9.15 Å². The minimum atomic E-state index is 0.321. The lowest BCUT2D eigenvalue weighted by Crippen LogP contribution is -2.25. The molecule has 2 heterocycles. The summed E-state index contributed by atoms with van der Waals surface area (Å²) in [5.74, 6) is 1.69. The molecule has 90 valence electrons. The minimum Gasteiger partial charge on any atom is -0.497 e. The van der Waals surface area contributed by atoms with Crippen molar-refractivity contribution in [3.8, 4) is 0 Å². The molecule has 0 radical (unpaired) electrons. The largest absolute Gasteiger partial charge is 0.497 e. The molecule has 1 aliphatic carbocycles. The third-order valence-electron chi connectivity index (χ3n) is 3.95. The van der Waals surface area contributed by atoms with Gasteiger partial charge in [0.1, 0.15) is 11.9 Å². The van der Waals surface area contributed by atoms with E-state index in [0.29, 0.717) is 12.0 Å². The lowest BCUT2D eigenvalue weighted by molar-refractivity contribution is 0.122. The van der Waals surface area contributed by atoms with E-state index >= 15 is 0 Å². The van der Waals surface area contributed by atoms with Crippen LogP contribution in [0.2, 0.25) is 0 Å². The lowest BCUT2D eigenvalue weighted by atomic mass is 9.80. The Morgan fingerprint density at radius 1 is 1.53 bits per heavy atom. The summed E-state index contributed by atoms with van der Waals surface area (Å²) in [5, 5.41) is 0. The summed E-state index contributed by atoms with van der Waals surface area (Å²) in [6.45, 7) is 5.89. The summed E-state index contributed by atoms with van der Waals surface area (Å²) in [5.41, 5.74) is 4.09. The molecule has 2 heteroatoms. The average molecular weight is 230 g/mol. The Balaban J connectivity index is 1.81. The molecule has 1 aromatic rings. The highest BCUT2D eigenvalue weighted by atomic mass is 16.5. The zero-order valence-electron chi connectivity index (χ0n) is 10.2. The number of rotatable bonds is 3. The van der Waals surface area contributed by atoms with Crippen LogP contribution in [-0.2, 0) is 17.6 Å². The predicted molar refractivity (Wildman–Crippen MR) is 66.7 cm³/mol. The molecule has 2 atom stereocenters. The zero-order chi connectivity index (χ0) is 11.8. The molecule has 0 fully saturated rings. The highest BCUT2D eigenvalue weighted by molar-refractivity contribution is 5.37. The first-order valence-corrected chi connectivity index (χ1v) is 6.30. The highest BCUT2D eigenvalue weighted by Gasteiger charge is 2.36. The molecule has 17 heavy (non-hydrogen) atoms. The first-order chi connectivity index (χ1) is 8.29. The van der Waals surface area contributed by atoms with E-state index in [1.54, 1.807) is 0 Å². The van der Waals surface area contributed by atoms with Gasteiger partial charge >= 0.3 is 0 Å². The lowest BCUT2D eigenvalue weighted by Gasteiger charge is -2.24. The molecule has 0 saturated heterocycles. The van der Waals surface area contributed by atoms with Gasteiger partial charge in [0.2, 0.25) is 0 Å². The number of furan rings is 1. The minimum absolute atomic E-state index is 0.321. The SMILES string of the molecule is C=CCC[C@H]1OC=C2Cc3c(C)coc3CC21. The van der Waals surface area contributed by atoms with Crippen molar-refractivity contribution < 1.29 is 9.15 Å². The van der Waals surface area contributed by atoms with Gasteiger partial charge in [0.05, 0.1) is 12.5 Å². The summed E-state index contributed by atoms with van der Waals surface area (Å²) in [6.07, 6.45) is 10.2. The summed E-state index contributed by atoms with van der Waals surface area (Å²) in [4.78, 5) is 0. The van der Waals surface area contributed by atoms with Crippen LogP contribution in [0.1, 0.15) is 29.7 Å². The first-order valence-electron chi connectivity index (χ1n) is 6.30. The van der Waals surface area contributed by atoms with Gasteiger partial charge in [-0.15, -0.1) is 6.58 Å². The molecule has 2 nitrogen and oxygen atoms in total. The van der Waals surface area contributed by atoms with Gasteiger partial charge in [-0.3, -0.25) is 0 Å². The third kappa shape index (κ3) is 1.72. The van der Waals surface area contributed by atoms with Gasteiger partial charge in [-0.05, 0) is 30.9 Å². The third-order valence-corrected chi connectivity index (χ3v) is 3.95. The van der Waals surface area contributed by atoms with E-state index in [-0.39, 0.29) is 0 Å². The molecule has 0 saturated carbocycles. The van der Waals surface area contributed by atoms with Crippen molar-refractivity contribution in [2.45, 2.75) is 38.7 Å². The van der Waals surface area contributed by atoms with Crippen LogP contribution < -0.4 is 0 Å². The Hall–Kier alpha value is -1.44. The molecular formula is C15H18O2. The fourth-order valence-electron chi connectivity index (χ4n) is 2.92. The molecule has 1 unspecified atom stereocenters. The van der Waals surface area contributed by atoms with Crippen molar-refractivity contribution in [1.29, 1.82) is 0 Å². The quantitative estimate of drug-likeness (QED) is 0.741. The normalized spacial score (nSPS) is 25.8. The Kier molecular flexibility index (Phi) is 2.58. The number of ether oxygens (including phenoxy) is 1. The summed E-state index contributed by atoms with van der Waals surface area (Å²) in [6, 6.07) is 0. The van der Waals surface area contributed by atoms with Crippen LogP contribution in [0.25, 0.3) is 0 Å². The first kappa shape index (κ1) is 10.7. The number of hydrogen-bond acceptors (Lipinski definition) is 2. The number of allylic oxidation sites excluding steroid dienone is 1. The van der Waals surface area contributed by atoms with Crippen molar-refractivity contribution in [2.24, 2.45) is 5.92 Å². The molecule has 0 aromatic carbocycles. The van der Waals surface area contributed by atoms with Gasteiger partial charge in [0.25, 0.3) is 0 Å². The van der Waals surface area contributed by atoms with Crippen molar-refractivity contribution in [1.82, 2.24) is 0 Å². The zero-order valence-corrected chi connectivity index (χ0v) is 10.2. The van der Waals surface area contributed by atoms with E-state index in [1.807, 2.05) is 18.6 Å². The van der Waals surface area contributed by atoms with Crippen molar-refractivity contribution in [3.05, 3.63) is 47.6 Å².